The fourth-order valence-corrected chi connectivity index (χ4v) is 4.60. The van der Waals surface area contributed by atoms with Gasteiger partial charge in [0.25, 0.3) is 10.1 Å². The van der Waals surface area contributed by atoms with Gasteiger partial charge in [0.05, 0.1) is 6.61 Å². The van der Waals surface area contributed by atoms with Crippen LogP contribution in [0.2, 0.25) is 0 Å². The molecule has 4 aromatic rings. The van der Waals surface area contributed by atoms with Crippen molar-refractivity contribution in [2.24, 2.45) is 0 Å². The van der Waals surface area contributed by atoms with Gasteiger partial charge in [0.15, 0.2) is 0 Å². The van der Waals surface area contributed by atoms with Gasteiger partial charge in [0.1, 0.15) is 4.90 Å². The Labute approximate surface area is 159 Å². The first kappa shape index (κ1) is 17.7. The Morgan fingerprint density at radius 3 is 2.22 bits per heavy atom. The van der Waals surface area contributed by atoms with Crippen molar-refractivity contribution in [3.63, 3.8) is 0 Å². The van der Waals surface area contributed by atoms with Gasteiger partial charge in [0.2, 0.25) is 0 Å². The predicted octanol–water partition coefficient (Wildman–Crippen LogP) is 5.69. The van der Waals surface area contributed by atoms with E-state index in [1.807, 2.05) is 37.3 Å². The summed E-state index contributed by atoms with van der Waals surface area (Å²) in [5, 5.41) is 4.38. The van der Waals surface area contributed by atoms with Crippen molar-refractivity contribution in [2.75, 3.05) is 6.61 Å². The summed E-state index contributed by atoms with van der Waals surface area (Å²) in [7, 11) is -3.82. The lowest BCUT2D eigenvalue weighted by molar-refractivity contribution is 0.338. The maximum atomic E-state index is 12.7. The zero-order valence-corrected chi connectivity index (χ0v) is 16.1. The molecule has 0 unspecified atom stereocenters. The van der Waals surface area contributed by atoms with Crippen LogP contribution in [-0.2, 0) is 14.3 Å². The molecule has 0 amide bonds. The molecule has 27 heavy (non-hydrogen) atoms. The van der Waals surface area contributed by atoms with Crippen LogP contribution in [0.5, 0.6) is 0 Å². The van der Waals surface area contributed by atoms with E-state index in [2.05, 4.69) is 30.3 Å². The average molecular weight is 376 g/mol. The van der Waals surface area contributed by atoms with Gasteiger partial charge in [0, 0.05) is 5.56 Å². The molecule has 0 aliphatic heterocycles. The molecule has 4 aromatic carbocycles. The molecule has 0 atom stereocenters. The fraction of sp³-hybridized carbons (Fsp3) is 0.130. The average Bonchev–Trinajstić information content (AvgIpc) is 2.65. The third-order valence-corrected chi connectivity index (χ3v) is 6.15. The Morgan fingerprint density at radius 1 is 0.778 bits per heavy atom. The topological polar surface area (TPSA) is 43.4 Å². The number of benzene rings is 4. The van der Waals surface area contributed by atoms with E-state index in [9.17, 15) is 8.42 Å². The number of hydrogen-bond acceptors (Lipinski definition) is 3. The highest BCUT2D eigenvalue weighted by Crippen LogP contribution is 2.36. The van der Waals surface area contributed by atoms with E-state index < -0.39 is 10.1 Å². The summed E-state index contributed by atoms with van der Waals surface area (Å²) in [4.78, 5) is 0.204. The first-order valence-corrected chi connectivity index (χ1v) is 10.3. The lowest BCUT2D eigenvalue weighted by Crippen LogP contribution is -2.08. The molecule has 0 radical (unpaired) electrons. The Balaban J connectivity index is 2.06. The molecule has 0 saturated heterocycles. The van der Waals surface area contributed by atoms with Crippen molar-refractivity contribution in [1.29, 1.82) is 0 Å². The normalized spacial score (nSPS) is 11.9. The molecule has 0 heterocycles. The molecule has 4 heteroatoms. The summed E-state index contributed by atoms with van der Waals surface area (Å²) in [6.07, 6.45) is 0. The van der Waals surface area contributed by atoms with Gasteiger partial charge in [-0.1, -0.05) is 60.2 Å². The smallest absolute Gasteiger partial charge is 0.267 e. The molecule has 136 valence electrons. The van der Waals surface area contributed by atoms with Gasteiger partial charge >= 0.3 is 0 Å². The Morgan fingerprint density at radius 2 is 1.48 bits per heavy atom. The van der Waals surface area contributed by atoms with Gasteiger partial charge in [-0.2, -0.15) is 8.42 Å². The Kier molecular flexibility index (Phi) is 4.46. The summed E-state index contributed by atoms with van der Waals surface area (Å²) < 4.78 is 30.4. The van der Waals surface area contributed by atoms with Crippen LogP contribution in [0.15, 0.2) is 77.7 Å². The zero-order valence-electron chi connectivity index (χ0n) is 15.3. The van der Waals surface area contributed by atoms with Crippen LogP contribution in [0.25, 0.3) is 32.7 Å². The molecule has 0 aliphatic rings. The number of hydrogen-bond donors (Lipinski definition) is 0. The van der Waals surface area contributed by atoms with Crippen LogP contribution in [0.1, 0.15) is 12.5 Å². The maximum absolute atomic E-state index is 12.7. The van der Waals surface area contributed by atoms with Crippen LogP contribution < -0.4 is 0 Å². The maximum Gasteiger partial charge on any atom is 0.297 e. The lowest BCUT2D eigenvalue weighted by atomic mass is 9.95. The number of rotatable bonds is 4. The van der Waals surface area contributed by atoms with Crippen molar-refractivity contribution in [1.82, 2.24) is 0 Å². The van der Waals surface area contributed by atoms with E-state index in [4.69, 9.17) is 4.18 Å². The highest BCUT2D eigenvalue weighted by atomic mass is 32.2. The minimum Gasteiger partial charge on any atom is -0.267 e. The third-order valence-electron chi connectivity index (χ3n) is 4.71. The number of aryl methyl sites for hydroxylation is 1. The molecule has 3 nitrogen and oxygen atoms in total. The quantitative estimate of drug-likeness (QED) is 0.339. The van der Waals surface area contributed by atoms with Crippen molar-refractivity contribution in [3.8, 4) is 11.1 Å². The molecular weight excluding hydrogens is 356 g/mol. The first-order chi connectivity index (χ1) is 13.0. The largest absolute Gasteiger partial charge is 0.297 e. The van der Waals surface area contributed by atoms with Crippen LogP contribution in [0, 0.1) is 6.92 Å². The summed E-state index contributed by atoms with van der Waals surface area (Å²) in [5.74, 6) is 0. The molecular formula is C23H20O3S. The molecule has 0 fully saturated rings. The van der Waals surface area contributed by atoms with Gasteiger partial charge in [-0.15, -0.1) is 0 Å². The predicted molar refractivity (Wildman–Crippen MR) is 110 cm³/mol. The molecule has 0 aliphatic carbocycles. The molecule has 0 N–H and O–H groups in total. The van der Waals surface area contributed by atoms with Gasteiger partial charge < -0.3 is 0 Å². The summed E-state index contributed by atoms with van der Waals surface area (Å²) in [6.45, 7) is 3.74. The van der Waals surface area contributed by atoms with Crippen LogP contribution in [-0.4, -0.2) is 15.0 Å². The van der Waals surface area contributed by atoms with E-state index in [0.29, 0.717) is 5.56 Å². The van der Waals surface area contributed by atoms with Crippen molar-refractivity contribution >= 4 is 31.7 Å². The standard InChI is InChI=1S/C23H20O3S/c1-3-26-27(24,25)23-12-11-16(2)13-22(23)20-10-6-9-19-14-17-7-4-5-8-18(17)15-21(19)20/h4-15H,3H2,1-2H3. The second-order valence-corrected chi connectivity index (χ2v) is 8.17. The Bertz CT molecular complexity index is 1260. The van der Waals surface area contributed by atoms with Crippen molar-refractivity contribution < 1.29 is 12.6 Å². The van der Waals surface area contributed by atoms with Gasteiger partial charge in [-0.25, -0.2) is 0 Å². The van der Waals surface area contributed by atoms with Gasteiger partial charge in [-0.3, -0.25) is 4.18 Å². The van der Waals surface area contributed by atoms with Crippen molar-refractivity contribution in [3.05, 3.63) is 78.4 Å². The van der Waals surface area contributed by atoms with Crippen molar-refractivity contribution in [2.45, 2.75) is 18.7 Å². The summed E-state index contributed by atoms with van der Waals surface area (Å²) >= 11 is 0. The summed E-state index contributed by atoms with van der Waals surface area (Å²) in [5.41, 5.74) is 2.56. The Hall–Kier alpha value is -2.69. The molecule has 0 spiro atoms. The van der Waals surface area contributed by atoms with E-state index >= 15 is 0 Å². The van der Waals surface area contributed by atoms with Gasteiger partial charge in [-0.05, 0) is 59.2 Å². The van der Waals surface area contributed by atoms with Crippen LogP contribution in [0.3, 0.4) is 0 Å². The van der Waals surface area contributed by atoms with E-state index in [0.717, 1.165) is 32.7 Å². The lowest BCUT2D eigenvalue weighted by Gasteiger charge is -2.14. The van der Waals surface area contributed by atoms with Crippen LogP contribution in [0.4, 0.5) is 0 Å². The van der Waals surface area contributed by atoms with E-state index in [1.54, 1.807) is 19.1 Å². The monoisotopic (exact) mass is 376 g/mol. The first-order valence-electron chi connectivity index (χ1n) is 8.91. The minimum atomic E-state index is -3.82. The van der Waals surface area contributed by atoms with Crippen LogP contribution >= 0.6 is 0 Å². The minimum absolute atomic E-state index is 0.107. The second-order valence-electron chi connectivity index (χ2n) is 6.59. The molecule has 0 bridgehead atoms. The second kappa shape index (κ2) is 6.80. The third kappa shape index (κ3) is 3.22. The fourth-order valence-electron chi connectivity index (χ4n) is 3.49. The SMILES string of the molecule is CCOS(=O)(=O)c1ccc(C)cc1-c1cccc2cc3ccccc3cc12. The number of fused-ring (bicyclic) bond motifs is 2. The molecule has 0 saturated carbocycles. The molecule has 0 aromatic heterocycles. The highest BCUT2D eigenvalue weighted by molar-refractivity contribution is 7.87. The summed E-state index contributed by atoms with van der Waals surface area (Å²) in [6, 6.07) is 23.8. The molecule has 4 rings (SSSR count). The van der Waals surface area contributed by atoms with E-state index in [-0.39, 0.29) is 11.5 Å². The van der Waals surface area contributed by atoms with E-state index in [1.165, 1.54) is 0 Å². The highest BCUT2D eigenvalue weighted by Gasteiger charge is 2.21. The zero-order chi connectivity index (χ0) is 19.0.